The molecule has 0 spiro atoms. The Morgan fingerprint density at radius 2 is 1.80 bits per heavy atom. The van der Waals surface area contributed by atoms with E-state index in [9.17, 15) is 8.78 Å². The third-order valence-corrected chi connectivity index (χ3v) is 5.91. The van der Waals surface area contributed by atoms with E-state index in [-0.39, 0.29) is 0 Å². The molecule has 184 valence electrons. The molecule has 1 aliphatic rings. The zero-order valence-electron chi connectivity index (χ0n) is 20.7. The highest BCUT2D eigenvalue weighted by Gasteiger charge is 2.32. The number of aryl methyl sites for hydroxylation is 1. The second-order valence-electron chi connectivity index (χ2n) is 9.00. The molecule has 4 rings (SSSR count). The molecule has 0 amide bonds. The van der Waals surface area contributed by atoms with Crippen LogP contribution in [0.1, 0.15) is 42.5 Å². The zero-order valence-corrected chi connectivity index (χ0v) is 20.7. The lowest BCUT2D eigenvalue weighted by atomic mass is 9.96. The summed E-state index contributed by atoms with van der Waals surface area (Å²) in [6.07, 6.45) is 7.39. The molecule has 0 unspecified atom stereocenters. The zero-order chi connectivity index (χ0) is 25.4. The van der Waals surface area contributed by atoms with Crippen LogP contribution in [0.25, 0.3) is 11.1 Å². The maximum atomic E-state index is 13.6. The summed E-state index contributed by atoms with van der Waals surface area (Å²) in [4.78, 5) is 1.70. The van der Waals surface area contributed by atoms with Crippen molar-refractivity contribution in [2.45, 2.75) is 46.1 Å². The Labute approximate surface area is 207 Å². The van der Waals surface area contributed by atoms with E-state index < -0.39 is 19.1 Å². The van der Waals surface area contributed by atoms with Gasteiger partial charge in [0.15, 0.2) is 0 Å². The van der Waals surface area contributed by atoms with Gasteiger partial charge < -0.3 is 10.4 Å². The van der Waals surface area contributed by atoms with Crippen molar-refractivity contribution in [3.63, 3.8) is 0 Å². The molecule has 5 heteroatoms. The van der Waals surface area contributed by atoms with Crippen molar-refractivity contribution in [3.05, 3.63) is 82.9 Å². The van der Waals surface area contributed by atoms with Crippen LogP contribution in [0.5, 0.6) is 0 Å². The molecular weight excluding hydrogens is 442 g/mol. The summed E-state index contributed by atoms with van der Waals surface area (Å²) >= 11 is 0. The van der Waals surface area contributed by atoms with Crippen LogP contribution in [0, 0.1) is 19.3 Å². The summed E-state index contributed by atoms with van der Waals surface area (Å²) in [5.74, 6) is -0.437. The predicted octanol–water partition coefficient (Wildman–Crippen LogP) is 6.79. The normalized spacial score (nSPS) is 13.3. The summed E-state index contributed by atoms with van der Waals surface area (Å²) < 4.78 is 27.2. The van der Waals surface area contributed by atoms with Gasteiger partial charge in [0, 0.05) is 30.0 Å². The molecule has 0 bridgehead atoms. The molecule has 3 aromatic rings. The number of benzene rings is 3. The maximum Gasteiger partial charge on any atom is 0.283 e. The number of hydrogen-bond donors (Lipinski definition) is 2. The molecule has 3 aromatic carbocycles. The number of hydrogen-bond acceptors (Lipinski definition) is 3. The topological polar surface area (TPSA) is 35.5 Å². The Morgan fingerprint density at radius 1 is 1.09 bits per heavy atom. The van der Waals surface area contributed by atoms with Gasteiger partial charge in [0.05, 0.1) is 6.54 Å². The molecule has 0 fully saturated rings. The van der Waals surface area contributed by atoms with Crippen LogP contribution in [-0.2, 0) is 13.0 Å². The molecule has 2 N–H and O–H groups in total. The molecule has 35 heavy (non-hydrogen) atoms. The van der Waals surface area contributed by atoms with E-state index in [1.807, 2.05) is 48.5 Å². The van der Waals surface area contributed by atoms with E-state index in [1.165, 1.54) is 12.0 Å². The lowest BCUT2D eigenvalue weighted by Gasteiger charge is -2.32. The minimum absolute atomic E-state index is 0.430. The van der Waals surface area contributed by atoms with E-state index >= 15 is 0 Å². The lowest BCUT2D eigenvalue weighted by Crippen LogP contribution is -2.41. The first-order chi connectivity index (χ1) is 16.8. The number of anilines is 2. The van der Waals surface area contributed by atoms with Gasteiger partial charge >= 0.3 is 0 Å². The fraction of sp³-hybridized carbons (Fsp3) is 0.333. The van der Waals surface area contributed by atoms with Gasteiger partial charge in [-0.2, -0.15) is 0 Å². The quantitative estimate of drug-likeness (QED) is 0.385. The Bertz CT molecular complexity index is 1170. The van der Waals surface area contributed by atoms with Crippen LogP contribution < -0.4 is 5.32 Å². The van der Waals surface area contributed by atoms with Crippen molar-refractivity contribution >= 4 is 11.4 Å². The van der Waals surface area contributed by atoms with Gasteiger partial charge in [0.2, 0.25) is 0 Å². The average Bonchev–Trinajstić information content (AvgIpc) is 2.85. The van der Waals surface area contributed by atoms with Gasteiger partial charge in [-0.25, -0.2) is 8.78 Å². The van der Waals surface area contributed by atoms with Crippen LogP contribution >= 0.6 is 0 Å². The first-order valence-corrected chi connectivity index (χ1v) is 12.1. The highest BCUT2D eigenvalue weighted by atomic mass is 19.3. The molecule has 0 saturated carbocycles. The van der Waals surface area contributed by atoms with Gasteiger partial charge in [-0.05, 0) is 71.5 Å². The lowest BCUT2D eigenvalue weighted by molar-refractivity contribution is -0.0749. The minimum Gasteiger partial charge on any atom is -0.390 e. The number of aliphatic hydroxyl groups is 1. The summed E-state index contributed by atoms with van der Waals surface area (Å²) in [5.41, 5.74) is 8.38. The second-order valence-corrected chi connectivity index (χ2v) is 9.00. The molecule has 0 aliphatic carbocycles. The Kier molecular flexibility index (Phi) is 9.03. The third kappa shape index (κ3) is 6.91. The van der Waals surface area contributed by atoms with E-state index in [4.69, 9.17) is 11.5 Å². The van der Waals surface area contributed by atoms with E-state index in [2.05, 4.69) is 44.1 Å². The van der Waals surface area contributed by atoms with Crippen LogP contribution in [0.15, 0.2) is 60.7 Å². The van der Waals surface area contributed by atoms with Crippen LogP contribution in [0.3, 0.4) is 0 Å². The van der Waals surface area contributed by atoms with Crippen molar-refractivity contribution in [2.75, 3.05) is 25.0 Å². The van der Waals surface area contributed by atoms with Crippen molar-refractivity contribution in [2.24, 2.45) is 0 Å². The fourth-order valence-electron chi connectivity index (χ4n) is 4.21. The number of halogens is 2. The number of rotatable bonds is 6. The van der Waals surface area contributed by atoms with Gasteiger partial charge in [-0.15, -0.1) is 6.42 Å². The van der Waals surface area contributed by atoms with Crippen molar-refractivity contribution in [1.29, 1.82) is 0 Å². The average molecular weight is 477 g/mol. The number of nitrogens with one attached hydrogen (secondary N) is 1. The number of nitrogens with zero attached hydrogens (tertiary/aromatic N) is 1. The largest absolute Gasteiger partial charge is 0.390 e. The van der Waals surface area contributed by atoms with Crippen molar-refractivity contribution < 1.29 is 13.9 Å². The number of alkyl halides is 2. The molecule has 0 atom stereocenters. The van der Waals surface area contributed by atoms with E-state index in [0.717, 1.165) is 39.2 Å². The van der Waals surface area contributed by atoms with E-state index in [0.29, 0.717) is 19.5 Å². The fourth-order valence-corrected chi connectivity index (χ4v) is 4.21. The summed E-state index contributed by atoms with van der Waals surface area (Å²) in [6.45, 7) is 5.75. The van der Waals surface area contributed by atoms with Crippen LogP contribution in [0.4, 0.5) is 20.2 Å². The minimum atomic E-state index is -3.08. The predicted molar refractivity (Wildman–Crippen MR) is 141 cm³/mol. The number of terminal acetylenes is 1. The molecule has 0 aromatic heterocycles. The van der Waals surface area contributed by atoms with E-state index in [1.54, 1.807) is 4.90 Å². The highest BCUT2D eigenvalue weighted by Crippen LogP contribution is 2.32. The molecule has 3 nitrogen and oxygen atoms in total. The summed E-state index contributed by atoms with van der Waals surface area (Å²) in [7, 11) is 0. The summed E-state index contributed by atoms with van der Waals surface area (Å²) in [6, 6.07) is 20.1. The molecule has 0 radical (unpaired) electrons. The van der Waals surface area contributed by atoms with Gasteiger partial charge in [-0.1, -0.05) is 56.5 Å². The molecular formula is C30H34F2N2O. The number of fused-ring (bicyclic) bond motifs is 1. The maximum absolute atomic E-state index is 13.6. The smallest absolute Gasteiger partial charge is 0.283 e. The van der Waals surface area contributed by atoms with Crippen molar-refractivity contribution in [3.8, 4) is 23.5 Å². The second kappa shape index (κ2) is 12.0. The molecule has 1 heterocycles. The van der Waals surface area contributed by atoms with Crippen LogP contribution in [-0.4, -0.2) is 35.6 Å². The number of aliphatic hydroxyl groups excluding tert-OH is 1. The van der Waals surface area contributed by atoms with Crippen LogP contribution in [0.2, 0.25) is 0 Å². The monoisotopic (exact) mass is 476 g/mol. The van der Waals surface area contributed by atoms with Gasteiger partial charge in [0.1, 0.15) is 6.61 Å². The third-order valence-electron chi connectivity index (χ3n) is 5.91. The first kappa shape index (κ1) is 26.4. The molecule has 1 aliphatic heterocycles. The SMILES string of the molecule is C#Cc1ccc(-c2cc(Nc3cccc4c3CCN(CC(F)(F)CO)C4)ccc2C)cc1.CCC. The van der Waals surface area contributed by atoms with Crippen molar-refractivity contribution in [1.82, 2.24) is 4.90 Å². The Morgan fingerprint density at radius 3 is 2.46 bits per heavy atom. The van der Waals surface area contributed by atoms with Gasteiger partial charge in [0.25, 0.3) is 5.92 Å². The first-order valence-electron chi connectivity index (χ1n) is 12.1. The Hall–Kier alpha value is -3.20. The Balaban J connectivity index is 0.00000108. The standard InChI is InChI=1S/C27H26F2N2O.C3H8/c1-3-20-8-10-21(11-9-20)25-15-23(12-7-19(25)2)30-26-6-4-5-22-16-31(14-13-24(22)26)17-27(28,29)18-32;1-3-2/h1,4-12,15,30,32H,13-14,16-18H2,2H3;3H2,1-2H3. The molecule has 0 saturated heterocycles. The highest BCUT2D eigenvalue weighted by molar-refractivity contribution is 5.75. The van der Waals surface area contributed by atoms with Gasteiger partial charge in [-0.3, -0.25) is 4.90 Å². The summed E-state index contributed by atoms with van der Waals surface area (Å²) in [5, 5.41) is 12.4.